The minimum atomic E-state index is -0.0108. The van der Waals surface area contributed by atoms with Crippen molar-refractivity contribution >= 4 is 22.9 Å². The van der Waals surface area contributed by atoms with Crippen molar-refractivity contribution in [2.24, 2.45) is 0 Å². The molecule has 1 aliphatic rings. The molecule has 3 aromatic rings. The van der Waals surface area contributed by atoms with Crippen molar-refractivity contribution in [3.05, 3.63) is 46.7 Å². The van der Waals surface area contributed by atoms with Crippen LogP contribution in [0.3, 0.4) is 0 Å². The molecular weight excluding hydrogens is 348 g/mol. The Balaban J connectivity index is 1.26. The maximum atomic E-state index is 11.9. The van der Waals surface area contributed by atoms with Crippen LogP contribution in [0.2, 0.25) is 0 Å². The van der Waals surface area contributed by atoms with Crippen LogP contribution in [0.4, 0.5) is 5.69 Å². The van der Waals surface area contributed by atoms with Gasteiger partial charge < -0.3 is 10.6 Å². The molecule has 0 spiro atoms. The highest BCUT2D eigenvalue weighted by molar-refractivity contribution is 7.09. The van der Waals surface area contributed by atoms with Crippen LogP contribution in [0.5, 0.6) is 0 Å². The molecule has 2 heterocycles. The topological polar surface area (TPSA) is 84.7 Å². The SMILES string of the molecule is O=C(CNc1ccc(-c2nnnn2C2CC2)cc1)NCCc1cccs1. The van der Waals surface area contributed by atoms with E-state index in [1.807, 2.05) is 40.4 Å². The summed E-state index contributed by atoms with van der Waals surface area (Å²) in [6, 6.07) is 12.4. The molecule has 0 atom stereocenters. The van der Waals surface area contributed by atoms with Gasteiger partial charge in [0.05, 0.1) is 12.6 Å². The van der Waals surface area contributed by atoms with E-state index < -0.39 is 0 Å². The number of benzene rings is 1. The molecule has 4 rings (SSSR count). The molecule has 0 radical (unpaired) electrons. The van der Waals surface area contributed by atoms with Gasteiger partial charge >= 0.3 is 0 Å². The zero-order chi connectivity index (χ0) is 17.8. The van der Waals surface area contributed by atoms with Crippen LogP contribution >= 0.6 is 11.3 Å². The molecule has 1 amide bonds. The third-order valence-corrected chi connectivity index (χ3v) is 5.19. The number of amides is 1. The number of thiophene rings is 1. The average molecular weight is 368 g/mol. The van der Waals surface area contributed by atoms with Gasteiger partial charge in [0.1, 0.15) is 0 Å². The molecule has 7 nitrogen and oxygen atoms in total. The lowest BCUT2D eigenvalue weighted by molar-refractivity contribution is -0.119. The first-order valence-corrected chi connectivity index (χ1v) is 9.59. The van der Waals surface area contributed by atoms with Gasteiger partial charge in [-0.3, -0.25) is 4.79 Å². The molecular formula is C18H20N6OS. The Hall–Kier alpha value is -2.74. The molecule has 0 unspecified atom stereocenters. The highest BCUT2D eigenvalue weighted by Crippen LogP contribution is 2.36. The minimum Gasteiger partial charge on any atom is -0.376 e. The summed E-state index contributed by atoms with van der Waals surface area (Å²) < 4.78 is 1.89. The lowest BCUT2D eigenvalue weighted by atomic mass is 10.2. The maximum absolute atomic E-state index is 11.9. The van der Waals surface area contributed by atoms with E-state index in [0.717, 1.165) is 36.3 Å². The molecule has 1 aromatic carbocycles. The second-order valence-corrected chi connectivity index (χ2v) is 7.32. The van der Waals surface area contributed by atoms with Gasteiger partial charge in [-0.25, -0.2) is 4.68 Å². The molecule has 2 aromatic heterocycles. The third kappa shape index (κ3) is 4.08. The zero-order valence-corrected chi connectivity index (χ0v) is 15.1. The number of hydrogen-bond acceptors (Lipinski definition) is 6. The quantitative estimate of drug-likeness (QED) is 0.638. The van der Waals surface area contributed by atoms with Crippen LogP contribution < -0.4 is 10.6 Å². The van der Waals surface area contributed by atoms with Crippen LogP contribution in [0.15, 0.2) is 41.8 Å². The van der Waals surface area contributed by atoms with Crippen LogP contribution in [-0.2, 0) is 11.2 Å². The molecule has 1 fully saturated rings. The van der Waals surface area contributed by atoms with Crippen molar-refractivity contribution in [2.75, 3.05) is 18.4 Å². The first kappa shape index (κ1) is 16.7. The van der Waals surface area contributed by atoms with Crippen LogP contribution in [0, 0.1) is 0 Å². The number of hydrogen-bond donors (Lipinski definition) is 2. The van der Waals surface area contributed by atoms with Gasteiger partial charge in [-0.15, -0.1) is 16.4 Å². The number of nitrogens with zero attached hydrogens (tertiary/aromatic N) is 4. The normalized spacial score (nSPS) is 13.5. The summed E-state index contributed by atoms with van der Waals surface area (Å²) in [5.41, 5.74) is 1.88. The maximum Gasteiger partial charge on any atom is 0.239 e. The molecule has 2 N–H and O–H groups in total. The summed E-state index contributed by atoms with van der Waals surface area (Å²) in [6.45, 7) is 0.910. The molecule has 134 valence electrons. The summed E-state index contributed by atoms with van der Waals surface area (Å²) in [7, 11) is 0. The predicted octanol–water partition coefficient (Wildman–Crippen LogP) is 2.51. The van der Waals surface area contributed by atoms with Crippen molar-refractivity contribution in [3.63, 3.8) is 0 Å². The first-order valence-electron chi connectivity index (χ1n) is 8.71. The van der Waals surface area contributed by atoms with E-state index in [4.69, 9.17) is 0 Å². The van der Waals surface area contributed by atoms with Crippen LogP contribution in [0.25, 0.3) is 11.4 Å². The Bertz CT molecular complexity index is 854. The number of anilines is 1. The summed E-state index contributed by atoms with van der Waals surface area (Å²) in [4.78, 5) is 13.2. The Morgan fingerprint density at radius 2 is 2.08 bits per heavy atom. The van der Waals surface area contributed by atoms with Gasteiger partial charge in [-0.1, -0.05) is 6.07 Å². The Morgan fingerprint density at radius 1 is 1.23 bits per heavy atom. The van der Waals surface area contributed by atoms with Crippen LogP contribution in [-0.4, -0.2) is 39.2 Å². The lowest BCUT2D eigenvalue weighted by Gasteiger charge is -2.08. The highest BCUT2D eigenvalue weighted by atomic mass is 32.1. The van der Waals surface area contributed by atoms with E-state index in [2.05, 4.69) is 32.2 Å². The summed E-state index contributed by atoms with van der Waals surface area (Å²) in [6.07, 6.45) is 3.15. The fraction of sp³-hybridized carbons (Fsp3) is 0.333. The number of rotatable bonds is 8. The first-order chi connectivity index (χ1) is 12.8. The number of carbonyl (C=O) groups is 1. The average Bonchev–Trinajstić information content (AvgIpc) is 3.17. The van der Waals surface area contributed by atoms with Crippen molar-refractivity contribution < 1.29 is 4.79 Å². The van der Waals surface area contributed by atoms with Crippen molar-refractivity contribution in [1.29, 1.82) is 0 Å². The van der Waals surface area contributed by atoms with E-state index in [-0.39, 0.29) is 12.5 Å². The number of carbonyl (C=O) groups excluding carboxylic acids is 1. The van der Waals surface area contributed by atoms with Crippen molar-refractivity contribution in [3.8, 4) is 11.4 Å². The van der Waals surface area contributed by atoms with Gasteiger partial charge in [0.15, 0.2) is 5.82 Å². The lowest BCUT2D eigenvalue weighted by Crippen LogP contribution is -2.31. The highest BCUT2D eigenvalue weighted by Gasteiger charge is 2.28. The van der Waals surface area contributed by atoms with E-state index in [1.54, 1.807) is 11.3 Å². The number of nitrogens with one attached hydrogen (secondary N) is 2. The van der Waals surface area contributed by atoms with Crippen molar-refractivity contribution in [2.45, 2.75) is 25.3 Å². The Labute approximate surface area is 155 Å². The fourth-order valence-corrected chi connectivity index (χ4v) is 3.42. The molecule has 1 aliphatic carbocycles. The second kappa shape index (κ2) is 7.65. The molecule has 0 saturated heterocycles. The van der Waals surface area contributed by atoms with Gasteiger partial charge in [-0.2, -0.15) is 0 Å². The van der Waals surface area contributed by atoms with Gasteiger partial charge in [0, 0.05) is 22.7 Å². The smallest absolute Gasteiger partial charge is 0.239 e. The summed E-state index contributed by atoms with van der Waals surface area (Å²) in [5.74, 6) is 0.786. The minimum absolute atomic E-state index is 0.0108. The summed E-state index contributed by atoms with van der Waals surface area (Å²) in [5, 5.41) is 20.1. The van der Waals surface area contributed by atoms with Crippen molar-refractivity contribution in [1.82, 2.24) is 25.5 Å². The van der Waals surface area contributed by atoms with E-state index in [0.29, 0.717) is 12.6 Å². The largest absolute Gasteiger partial charge is 0.376 e. The Morgan fingerprint density at radius 3 is 2.81 bits per heavy atom. The fourth-order valence-electron chi connectivity index (χ4n) is 2.71. The predicted molar refractivity (Wildman–Crippen MR) is 101 cm³/mol. The summed E-state index contributed by atoms with van der Waals surface area (Å²) >= 11 is 1.71. The molecule has 26 heavy (non-hydrogen) atoms. The Kier molecular flexibility index (Phi) is 4.92. The number of aromatic nitrogens is 4. The number of tetrazole rings is 1. The second-order valence-electron chi connectivity index (χ2n) is 6.29. The zero-order valence-electron chi connectivity index (χ0n) is 14.3. The van der Waals surface area contributed by atoms with Crippen LogP contribution in [0.1, 0.15) is 23.8 Å². The van der Waals surface area contributed by atoms with Gasteiger partial charge in [0.2, 0.25) is 5.91 Å². The molecule has 0 bridgehead atoms. The molecule has 0 aliphatic heterocycles. The van der Waals surface area contributed by atoms with Gasteiger partial charge in [-0.05, 0) is 65.4 Å². The van der Waals surface area contributed by atoms with Gasteiger partial charge in [0.25, 0.3) is 0 Å². The molecule has 8 heteroatoms. The van der Waals surface area contributed by atoms with E-state index in [9.17, 15) is 4.79 Å². The third-order valence-electron chi connectivity index (χ3n) is 4.26. The van der Waals surface area contributed by atoms with E-state index in [1.165, 1.54) is 4.88 Å². The monoisotopic (exact) mass is 368 g/mol. The standard InChI is InChI=1S/C18H20N6OS/c25-17(19-10-9-16-2-1-11-26-16)12-20-14-5-3-13(4-6-14)18-21-22-23-24(18)15-7-8-15/h1-6,11,15,20H,7-10,12H2,(H,19,25). The van der Waals surface area contributed by atoms with E-state index >= 15 is 0 Å². The molecule has 1 saturated carbocycles.